The number of nitrogens with one attached hydrogen (secondary N) is 1. The molecular formula is C15H17F2N3. The third-order valence-electron chi connectivity index (χ3n) is 2.99. The van der Waals surface area contributed by atoms with Gasteiger partial charge in [0.15, 0.2) is 0 Å². The van der Waals surface area contributed by atoms with Gasteiger partial charge >= 0.3 is 0 Å². The van der Waals surface area contributed by atoms with Crippen molar-refractivity contribution >= 4 is 5.82 Å². The molecule has 3 nitrogen and oxygen atoms in total. The molecule has 0 unspecified atom stereocenters. The molecule has 0 amide bonds. The first-order valence-corrected chi connectivity index (χ1v) is 6.71. The Kier molecular flexibility index (Phi) is 4.61. The van der Waals surface area contributed by atoms with E-state index in [4.69, 9.17) is 0 Å². The quantitative estimate of drug-likeness (QED) is 0.903. The molecule has 2 rings (SSSR count). The van der Waals surface area contributed by atoms with Gasteiger partial charge in [0.2, 0.25) is 0 Å². The maximum Gasteiger partial charge on any atom is 0.135 e. The highest BCUT2D eigenvalue weighted by molar-refractivity contribution is 5.69. The Hall–Kier alpha value is -2.04. The van der Waals surface area contributed by atoms with E-state index in [9.17, 15) is 8.78 Å². The van der Waals surface area contributed by atoms with Crippen molar-refractivity contribution < 1.29 is 8.78 Å². The van der Waals surface area contributed by atoms with Gasteiger partial charge in [0.05, 0.1) is 11.3 Å². The molecule has 0 radical (unpaired) electrons. The Morgan fingerprint density at radius 3 is 2.40 bits per heavy atom. The monoisotopic (exact) mass is 277 g/mol. The molecule has 1 heterocycles. The van der Waals surface area contributed by atoms with Crippen LogP contribution in [0.25, 0.3) is 11.3 Å². The third kappa shape index (κ3) is 2.76. The van der Waals surface area contributed by atoms with Crippen LogP contribution in [0.2, 0.25) is 0 Å². The summed E-state index contributed by atoms with van der Waals surface area (Å²) in [4.78, 5) is 8.27. The Morgan fingerprint density at radius 2 is 1.80 bits per heavy atom. The first-order chi connectivity index (χ1) is 9.69. The molecule has 5 heteroatoms. The normalized spacial score (nSPS) is 10.6. The minimum Gasteiger partial charge on any atom is -0.370 e. The lowest BCUT2D eigenvalue weighted by molar-refractivity contribution is 0.588. The van der Waals surface area contributed by atoms with Crippen molar-refractivity contribution in [3.05, 3.63) is 41.7 Å². The van der Waals surface area contributed by atoms with Crippen LogP contribution in [0.4, 0.5) is 14.6 Å². The molecule has 0 bridgehead atoms. The zero-order chi connectivity index (χ0) is 14.5. The molecule has 0 saturated heterocycles. The smallest absolute Gasteiger partial charge is 0.135 e. The number of halogens is 2. The fourth-order valence-electron chi connectivity index (χ4n) is 2.16. The van der Waals surface area contributed by atoms with Gasteiger partial charge in [-0.05, 0) is 25.5 Å². The van der Waals surface area contributed by atoms with Crippen LogP contribution in [-0.4, -0.2) is 16.5 Å². The molecule has 0 aliphatic carbocycles. The van der Waals surface area contributed by atoms with Crippen LogP contribution in [0.5, 0.6) is 0 Å². The van der Waals surface area contributed by atoms with Crippen molar-refractivity contribution in [3.8, 4) is 11.3 Å². The largest absolute Gasteiger partial charge is 0.370 e. The molecule has 1 aromatic carbocycles. The lowest BCUT2D eigenvalue weighted by atomic mass is 10.0. The van der Waals surface area contributed by atoms with Gasteiger partial charge in [-0.15, -0.1) is 0 Å². The van der Waals surface area contributed by atoms with Gasteiger partial charge in [-0.1, -0.05) is 19.4 Å². The standard InChI is InChI=1S/C15H17F2N3/c1-3-6-10-14(19-9-20-15(10)18-4-2)13-11(16)7-5-8-12(13)17/h5,7-9H,3-4,6H2,1-2H3,(H,18,19,20). The molecule has 0 fully saturated rings. The highest BCUT2D eigenvalue weighted by Gasteiger charge is 2.18. The number of aromatic nitrogens is 2. The molecule has 0 spiro atoms. The molecule has 1 N–H and O–H groups in total. The Morgan fingerprint density at radius 1 is 1.10 bits per heavy atom. The summed E-state index contributed by atoms with van der Waals surface area (Å²) in [6.45, 7) is 4.64. The maximum absolute atomic E-state index is 14.0. The molecule has 106 valence electrons. The van der Waals surface area contributed by atoms with Crippen molar-refractivity contribution in [1.82, 2.24) is 9.97 Å². The molecule has 1 aromatic heterocycles. The fourth-order valence-corrected chi connectivity index (χ4v) is 2.16. The predicted molar refractivity (Wildman–Crippen MR) is 75.5 cm³/mol. The topological polar surface area (TPSA) is 37.8 Å². The lowest BCUT2D eigenvalue weighted by Gasteiger charge is -2.14. The van der Waals surface area contributed by atoms with E-state index >= 15 is 0 Å². The van der Waals surface area contributed by atoms with Gasteiger partial charge in [-0.3, -0.25) is 0 Å². The number of hydrogen-bond acceptors (Lipinski definition) is 3. The van der Waals surface area contributed by atoms with E-state index in [1.807, 2.05) is 13.8 Å². The highest BCUT2D eigenvalue weighted by Crippen LogP contribution is 2.30. The van der Waals surface area contributed by atoms with Gasteiger partial charge in [-0.25, -0.2) is 18.7 Å². The summed E-state index contributed by atoms with van der Waals surface area (Å²) in [5, 5.41) is 3.11. The molecule has 2 aromatic rings. The zero-order valence-corrected chi connectivity index (χ0v) is 11.6. The second-order valence-corrected chi connectivity index (χ2v) is 4.43. The molecule has 20 heavy (non-hydrogen) atoms. The van der Waals surface area contributed by atoms with Gasteiger partial charge in [0.1, 0.15) is 23.8 Å². The average molecular weight is 277 g/mol. The van der Waals surface area contributed by atoms with E-state index in [0.29, 0.717) is 24.5 Å². The second kappa shape index (κ2) is 6.41. The summed E-state index contributed by atoms with van der Waals surface area (Å²) < 4.78 is 27.9. The molecule has 0 aliphatic rings. The number of anilines is 1. The van der Waals surface area contributed by atoms with Crippen LogP contribution in [0.3, 0.4) is 0 Å². The number of benzene rings is 1. The van der Waals surface area contributed by atoms with E-state index in [1.165, 1.54) is 24.5 Å². The molecular weight excluding hydrogens is 260 g/mol. The summed E-state index contributed by atoms with van der Waals surface area (Å²) in [5.74, 6) is -0.575. The third-order valence-corrected chi connectivity index (χ3v) is 2.99. The summed E-state index contributed by atoms with van der Waals surface area (Å²) in [7, 11) is 0. The fraction of sp³-hybridized carbons (Fsp3) is 0.333. The second-order valence-electron chi connectivity index (χ2n) is 4.43. The van der Waals surface area contributed by atoms with Crippen LogP contribution < -0.4 is 5.32 Å². The Balaban J connectivity index is 2.64. The predicted octanol–water partition coefficient (Wildman–Crippen LogP) is 3.81. The maximum atomic E-state index is 14.0. The van der Waals surface area contributed by atoms with E-state index in [-0.39, 0.29) is 5.56 Å². The van der Waals surface area contributed by atoms with Crippen LogP contribution in [0, 0.1) is 11.6 Å². The number of rotatable bonds is 5. The Bertz CT molecular complexity index is 579. The molecule has 0 saturated carbocycles. The van der Waals surface area contributed by atoms with E-state index in [0.717, 1.165) is 12.0 Å². The van der Waals surface area contributed by atoms with Crippen molar-refractivity contribution in [2.75, 3.05) is 11.9 Å². The first-order valence-electron chi connectivity index (χ1n) is 6.71. The average Bonchev–Trinajstić information content (AvgIpc) is 2.42. The van der Waals surface area contributed by atoms with Gasteiger partial charge in [0, 0.05) is 12.1 Å². The minimum absolute atomic E-state index is 0.0856. The van der Waals surface area contributed by atoms with Crippen molar-refractivity contribution in [2.45, 2.75) is 26.7 Å². The van der Waals surface area contributed by atoms with Crippen molar-refractivity contribution in [2.24, 2.45) is 0 Å². The van der Waals surface area contributed by atoms with Crippen LogP contribution in [0.1, 0.15) is 25.8 Å². The summed E-state index contributed by atoms with van der Waals surface area (Å²) in [6, 6.07) is 3.83. The van der Waals surface area contributed by atoms with Gasteiger partial charge < -0.3 is 5.32 Å². The van der Waals surface area contributed by atoms with E-state index in [2.05, 4.69) is 15.3 Å². The highest BCUT2D eigenvalue weighted by atomic mass is 19.1. The zero-order valence-electron chi connectivity index (χ0n) is 11.6. The van der Waals surface area contributed by atoms with E-state index < -0.39 is 11.6 Å². The van der Waals surface area contributed by atoms with Crippen LogP contribution in [0.15, 0.2) is 24.5 Å². The van der Waals surface area contributed by atoms with E-state index in [1.54, 1.807) is 0 Å². The van der Waals surface area contributed by atoms with Gasteiger partial charge in [0.25, 0.3) is 0 Å². The summed E-state index contributed by atoms with van der Waals surface area (Å²) in [5.41, 5.74) is 0.992. The first kappa shape index (κ1) is 14.4. The van der Waals surface area contributed by atoms with Gasteiger partial charge in [-0.2, -0.15) is 0 Å². The SMILES string of the molecule is CCCc1c(NCC)ncnc1-c1c(F)cccc1F. The lowest BCUT2D eigenvalue weighted by Crippen LogP contribution is -2.07. The van der Waals surface area contributed by atoms with Crippen molar-refractivity contribution in [3.63, 3.8) is 0 Å². The van der Waals surface area contributed by atoms with Crippen molar-refractivity contribution in [1.29, 1.82) is 0 Å². The van der Waals surface area contributed by atoms with Crippen LogP contribution >= 0.6 is 0 Å². The number of hydrogen-bond donors (Lipinski definition) is 1. The summed E-state index contributed by atoms with van der Waals surface area (Å²) >= 11 is 0. The Labute approximate surface area is 117 Å². The molecule has 0 atom stereocenters. The molecule has 0 aliphatic heterocycles. The van der Waals surface area contributed by atoms with Crippen LogP contribution in [-0.2, 0) is 6.42 Å². The number of nitrogens with zero attached hydrogens (tertiary/aromatic N) is 2. The minimum atomic E-state index is -0.608. The summed E-state index contributed by atoms with van der Waals surface area (Å²) in [6.07, 6.45) is 2.83.